The normalized spacial score (nSPS) is 47.6. The summed E-state index contributed by atoms with van der Waals surface area (Å²) < 4.78 is 5.88. The van der Waals surface area contributed by atoms with E-state index in [1.807, 2.05) is 0 Å². The first kappa shape index (κ1) is 23.1. The van der Waals surface area contributed by atoms with Crippen molar-refractivity contribution in [3.05, 3.63) is 0 Å². The molecule has 4 aliphatic carbocycles. The number of esters is 1. The summed E-state index contributed by atoms with van der Waals surface area (Å²) in [5.41, 5.74) is 0.259. The minimum Gasteiger partial charge on any atom is -0.481 e. The summed E-state index contributed by atoms with van der Waals surface area (Å²) in [6.45, 7) is 8.62. The molecule has 0 spiro atoms. The maximum absolute atomic E-state index is 11.9. The highest BCUT2D eigenvalue weighted by Crippen LogP contribution is 2.68. The average Bonchev–Trinajstić information content (AvgIpc) is 3.04. The third kappa shape index (κ3) is 3.83. The van der Waals surface area contributed by atoms with E-state index in [0.29, 0.717) is 47.3 Å². The topological polar surface area (TPSA) is 83.8 Å². The fraction of sp³-hybridized carbons (Fsp3) is 0.923. The van der Waals surface area contributed by atoms with Crippen LogP contribution in [0, 0.1) is 46.3 Å². The predicted molar refractivity (Wildman–Crippen MR) is 118 cm³/mol. The third-order valence-electron chi connectivity index (χ3n) is 10.6. The van der Waals surface area contributed by atoms with Gasteiger partial charge in [-0.15, -0.1) is 0 Å². The van der Waals surface area contributed by atoms with Crippen LogP contribution in [0.1, 0.15) is 91.9 Å². The molecule has 0 aliphatic heterocycles. The Bertz CT molecular complexity index is 706. The van der Waals surface area contributed by atoms with Gasteiger partial charge in [0.15, 0.2) is 0 Å². The van der Waals surface area contributed by atoms with Crippen LogP contribution in [0.4, 0.5) is 0 Å². The van der Waals surface area contributed by atoms with E-state index in [-0.39, 0.29) is 30.0 Å². The van der Waals surface area contributed by atoms with Gasteiger partial charge in [0.1, 0.15) is 6.10 Å². The van der Waals surface area contributed by atoms with Crippen molar-refractivity contribution in [1.29, 1.82) is 0 Å². The van der Waals surface area contributed by atoms with Crippen molar-refractivity contribution < 1.29 is 24.5 Å². The van der Waals surface area contributed by atoms with Gasteiger partial charge in [-0.3, -0.25) is 9.59 Å². The lowest BCUT2D eigenvalue weighted by Crippen LogP contribution is -2.60. The quantitative estimate of drug-likeness (QED) is 0.592. The zero-order valence-electron chi connectivity index (χ0n) is 19.8. The number of aliphatic hydroxyl groups excluding tert-OH is 1. The number of carbonyl (C=O) groups excluding carboxylic acids is 1. The summed E-state index contributed by atoms with van der Waals surface area (Å²) in [5.74, 6) is 2.48. The molecule has 31 heavy (non-hydrogen) atoms. The zero-order valence-corrected chi connectivity index (χ0v) is 19.8. The Balaban J connectivity index is 1.57. The summed E-state index contributed by atoms with van der Waals surface area (Å²) in [7, 11) is 0. The van der Waals surface area contributed by atoms with Crippen molar-refractivity contribution in [2.75, 3.05) is 0 Å². The molecule has 0 aromatic heterocycles. The van der Waals surface area contributed by atoms with E-state index in [1.54, 1.807) is 0 Å². The van der Waals surface area contributed by atoms with Crippen molar-refractivity contribution >= 4 is 11.9 Å². The van der Waals surface area contributed by atoms with Crippen LogP contribution >= 0.6 is 0 Å². The first-order chi connectivity index (χ1) is 14.6. The summed E-state index contributed by atoms with van der Waals surface area (Å²) >= 11 is 0. The highest BCUT2D eigenvalue weighted by Gasteiger charge is 2.63. The second kappa shape index (κ2) is 8.35. The van der Waals surface area contributed by atoms with E-state index in [1.165, 1.54) is 39.0 Å². The molecule has 4 aliphatic rings. The number of hydrogen-bond acceptors (Lipinski definition) is 4. The fourth-order valence-corrected chi connectivity index (χ4v) is 9.17. The largest absolute Gasteiger partial charge is 0.481 e. The summed E-state index contributed by atoms with van der Waals surface area (Å²) in [6.07, 6.45) is 9.11. The van der Waals surface area contributed by atoms with E-state index in [2.05, 4.69) is 20.8 Å². The van der Waals surface area contributed by atoms with Crippen molar-refractivity contribution in [2.24, 2.45) is 46.3 Å². The van der Waals surface area contributed by atoms with Gasteiger partial charge in [-0.2, -0.15) is 0 Å². The molecule has 0 unspecified atom stereocenters. The molecular weight excluding hydrogens is 392 g/mol. The minimum atomic E-state index is -0.683. The maximum atomic E-state index is 11.9. The number of carboxylic acid groups (broad SMARTS) is 1. The highest BCUT2D eigenvalue weighted by molar-refractivity contribution is 5.66. The first-order valence-electron chi connectivity index (χ1n) is 12.6. The lowest BCUT2D eigenvalue weighted by molar-refractivity contribution is -0.201. The van der Waals surface area contributed by atoms with Crippen LogP contribution < -0.4 is 0 Å². The number of ether oxygens (including phenoxy) is 1. The van der Waals surface area contributed by atoms with E-state index in [0.717, 1.165) is 19.3 Å². The standard InChI is InChI=1S/C26H42O5/c1-15(5-10-24(29)30)20-8-9-21-19-7-6-17-13-18(28)14-23(31-16(2)27)26(17,4)22(19)11-12-25(20,21)3/h15,17-23,28H,5-14H2,1-4H3,(H,29,30)/t15-,17-,18+,19+,20-,21+,22+,23+,25-,26+/m1/s1. The van der Waals surface area contributed by atoms with Crippen LogP contribution in [-0.2, 0) is 14.3 Å². The molecule has 4 rings (SSSR count). The number of hydrogen-bond donors (Lipinski definition) is 2. The SMILES string of the molecule is CC(=O)O[C@H]1C[C@@H](O)C[C@H]2CC[C@H]3[C@@H]4CC[C@H]([C@H](C)CCC(=O)O)[C@@]4(C)CC[C@@H]3[C@]21C. The van der Waals surface area contributed by atoms with Gasteiger partial charge in [-0.05, 0) is 92.3 Å². The van der Waals surface area contributed by atoms with Crippen LogP contribution in [0.3, 0.4) is 0 Å². The molecule has 4 fully saturated rings. The summed E-state index contributed by atoms with van der Waals surface area (Å²) in [4.78, 5) is 23.0. The molecule has 0 bridgehead atoms. The van der Waals surface area contributed by atoms with Gasteiger partial charge in [0.05, 0.1) is 6.10 Å². The van der Waals surface area contributed by atoms with Gasteiger partial charge >= 0.3 is 11.9 Å². The number of fused-ring (bicyclic) bond motifs is 5. The Morgan fingerprint density at radius 3 is 2.48 bits per heavy atom. The molecule has 0 radical (unpaired) electrons. The van der Waals surface area contributed by atoms with Gasteiger partial charge in [0.25, 0.3) is 0 Å². The average molecular weight is 435 g/mol. The number of aliphatic carboxylic acids is 1. The van der Waals surface area contributed by atoms with Crippen molar-refractivity contribution in [2.45, 2.75) is 104 Å². The lowest BCUT2D eigenvalue weighted by Gasteiger charge is -2.62. The Labute approximate surface area is 187 Å². The lowest BCUT2D eigenvalue weighted by atomic mass is 9.43. The van der Waals surface area contributed by atoms with Gasteiger partial charge < -0.3 is 14.9 Å². The van der Waals surface area contributed by atoms with Gasteiger partial charge in [-0.1, -0.05) is 20.8 Å². The minimum absolute atomic E-state index is 0.0395. The maximum Gasteiger partial charge on any atom is 0.303 e. The molecule has 0 heterocycles. The zero-order chi connectivity index (χ0) is 22.6. The number of carbonyl (C=O) groups is 2. The van der Waals surface area contributed by atoms with E-state index in [4.69, 9.17) is 9.84 Å². The van der Waals surface area contributed by atoms with Crippen LogP contribution in [0.25, 0.3) is 0 Å². The second-order valence-corrected chi connectivity index (χ2v) is 11.9. The van der Waals surface area contributed by atoms with Gasteiger partial charge in [0, 0.05) is 25.2 Å². The predicted octanol–water partition coefficient (Wildman–Crippen LogP) is 5.05. The number of carboxylic acids is 1. The first-order valence-corrected chi connectivity index (χ1v) is 12.6. The smallest absolute Gasteiger partial charge is 0.303 e. The molecule has 0 amide bonds. The fourth-order valence-electron chi connectivity index (χ4n) is 9.17. The van der Waals surface area contributed by atoms with Crippen molar-refractivity contribution in [3.63, 3.8) is 0 Å². The van der Waals surface area contributed by atoms with Gasteiger partial charge in [-0.25, -0.2) is 0 Å². The van der Waals surface area contributed by atoms with Crippen LogP contribution in [0.15, 0.2) is 0 Å². The third-order valence-corrected chi connectivity index (χ3v) is 10.6. The number of aliphatic hydroxyl groups is 1. The molecule has 0 aromatic rings. The molecule has 10 atom stereocenters. The highest BCUT2D eigenvalue weighted by atomic mass is 16.5. The molecule has 176 valence electrons. The molecule has 2 N–H and O–H groups in total. The van der Waals surface area contributed by atoms with E-state index >= 15 is 0 Å². The Hall–Kier alpha value is -1.10. The van der Waals surface area contributed by atoms with Crippen LogP contribution in [0.5, 0.6) is 0 Å². The van der Waals surface area contributed by atoms with Gasteiger partial charge in [0.2, 0.25) is 0 Å². The molecule has 0 aromatic carbocycles. The summed E-state index contributed by atoms with van der Waals surface area (Å²) in [5, 5.41) is 19.6. The molecular formula is C26H42O5. The Morgan fingerprint density at radius 1 is 1.06 bits per heavy atom. The van der Waals surface area contributed by atoms with Crippen molar-refractivity contribution in [1.82, 2.24) is 0 Å². The van der Waals surface area contributed by atoms with Crippen LogP contribution in [-0.4, -0.2) is 34.4 Å². The molecule has 5 heteroatoms. The second-order valence-electron chi connectivity index (χ2n) is 11.9. The number of rotatable bonds is 5. The summed E-state index contributed by atoms with van der Waals surface area (Å²) in [6, 6.07) is 0. The van der Waals surface area contributed by atoms with Crippen LogP contribution in [0.2, 0.25) is 0 Å². The molecule has 0 saturated heterocycles. The molecule has 5 nitrogen and oxygen atoms in total. The Kier molecular flexibility index (Phi) is 6.22. The Morgan fingerprint density at radius 2 is 1.81 bits per heavy atom. The van der Waals surface area contributed by atoms with Crippen molar-refractivity contribution in [3.8, 4) is 0 Å². The monoisotopic (exact) mass is 434 g/mol. The molecule has 4 saturated carbocycles. The van der Waals surface area contributed by atoms with E-state index < -0.39 is 5.97 Å². The van der Waals surface area contributed by atoms with E-state index in [9.17, 15) is 14.7 Å².